The van der Waals surface area contributed by atoms with Gasteiger partial charge in [0.15, 0.2) is 0 Å². The Morgan fingerprint density at radius 3 is 2.25 bits per heavy atom. The third-order valence-corrected chi connectivity index (χ3v) is 5.19. The van der Waals surface area contributed by atoms with Crippen LogP contribution in [0.5, 0.6) is 0 Å². The Morgan fingerprint density at radius 2 is 1.75 bits per heavy atom. The average molecular weight is 442 g/mol. The summed E-state index contributed by atoms with van der Waals surface area (Å²) >= 11 is 0. The molecule has 1 fully saturated rings. The predicted octanol–water partition coefficient (Wildman–Crippen LogP) is 3.53. The average Bonchev–Trinajstić information content (AvgIpc) is 2.63. The van der Waals surface area contributed by atoms with E-state index in [0.717, 1.165) is 19.3 Å². The fourth-order valence-electron chi connectivity index (χ4n) is 3.60. The second-order valence-electron chi connectivity index (χ2n) is 9.50. The monoisotopic (exact) mass is 441 g/mol. The maximum absolute atomic E-state index is 13.6. The van der Waals surface area contributed by atoms with Gasteiger partial charge in [0, 0.05) is 17.6 Å². The molecule has 2 atom stereocenters. The fourth-order valence-corrected chi connectivity index (χ4v) is 3.60. The molecule has 0 heterocycles. The Labute approximate surface area is 191 Å². The number of benzene rings is 1. The number of carbonyl (C=O) groups is 3. The normalized spacial score (nSPS) is 15.7. The summed E-state index contributed by atoms with van der Waals surface area (Å²) in [5.74, 6) is 1.98. The van der Waals surface area contributed by atoms with E-state index in [1.165, 1.54) is 0 Å². The minimum atomic E-state index is -0.898. The summed E-state index contributed by atoms with van der Waals surface area (Å²) < 4.78 is 5.29. The Kier molecular flexibility index (Phi) is 8.31. The molecule has 2 rings (SSSR count). The highest BCUT2D eigenvalue weighted by Crippen LogP contribution is 2.34. The van der Waals surface area contributed by atoms with Crippen LogP contribution in [0, 0.1) is 12.3 Å². The maximum atomic E-state index is 13.6. The standard InChI is InChI=1S/C25H35N3O4/c1-8-18-12-9-10-15-20(18)21(22(29)26-16(2)3)28(19-13-11-14-19)23(30)17(4)27-24(31)32-25(5,6)7/h1,9-10,12,15-17,19,21H,11,13-14H2,2-7H3,(H,26,29)(H,27,31). The number of nitrogens with zero attached hydrogens (tertiary/aromatic N) is 1. The zero-order chi connectivity index (χ0) is 24.1. The van der Waals surface area contributed by atoms with Crippen LogP contribution in [0.3, 0.4) is 0 Å². The molecule has 7 nitrogen and oxygen atoms in total. The lowest BCUT2D eigenvalue weighted by Gasteiger charge is -2.43. The SMILES string of the molecule is C#Cc1ccccc1C(C(=O)NC(C)C)N(C(=O)C(C)NC(=O)OC(C)(C)C)C1CCC1. The molecular weight excluding hydrogens is 406 g/mol. The smallest absolute Gasteiger partial charge is 0.408 e. The number of rotatable bonds is 7. The zero-order valence-electron chi connectivity index (χ0n) is 19.9. The van der Waals surface area contributed by atoms with E-state index in [1.54, 1.807) is 56.9 Å². The van der Waals surface area contributed by atoms with Gasteiger partial charge in [0.25, 0.3) is 0 Å². The van der Waals surface area contributed by atoms with Crippen LogP contribution >= 0.6 is 0 Å². The molecule has 32 heavy (non-hydrogen) atoms. The first-order valence-electron chi connectivity index (χ1n) is 11.1. The van der Waals surface area contributed by atoms with Gasteiger partial charge in [-0.25, -0.2) is 4.79 Å². The fraction of sp³-hybridized carbons (Fsp3) is 0.560. The number of carbonyl (C=O) groups excluding carboxylic acids is 3. The molecule has 1 aliphatic rings. The van der Waals surface area contributed by atoms with Gasteiger partial charge in [-0.3, -0.25) is 9.59 Å². The Balaban J connectivity index is 2.43. The molecule has 0 spiro atoms. The maximum Gasteiger partial charge on any atom is 0.408 e. The molecule has 1 aliphatic carbocycles. The summed E-state index contributed by atoms with van der Waals surface area (Å²) in [4.78, 5) is 40.8. The van der Waals surface area contributed by atoms with E-state index in [2.05, 4.69) is 16.6 Å². The van der Waals surface area contributed by atoms with E-state index < -0.39 is 23.8 Å². The highest BCUT2D eigenvalue weighted by molar-refractivity contribution is 5.92. The molecule has 1 aromatic rings. The van der Waals surface area contributed by atoms with Crippen LogP contribution in [-0.4, -0.2) is 46.5 Å². The van der Waals surface area contributed by atoms with Crippen molar-refractivity contribution in [3.8, 4) is 12.3 Å². The van der Waals surface area contributed by atoms with Crippen molar-refractivity contribution < 1.29 is 19.1 Å². The number of terminal acetylenes is 1. The van der Waals surface area contributed by atoms with Crippen LogP contribution in [0.4, 0.5) is 4.79 Å². The Bertz CT molecular complexity index is 878. The summed E-state index contributed by atoms with van der Waals surface area (Å²) in [7, 11) is 0. The van der Waals surface area contributed by atoms with Gasteiger partial charge in [0.2, 0.25) is 11.8 Å². The number of amides is 3. The Morgan fingerprint density at radius 1 is 1.12 bits per heavy atom. The van der Waals surface area contributed by atoms with Crippen LogP contribution in [0.2, 0.25) is 0 Å². The summed E-state index contributed by atoms with van der Waals surface area (Å²) in [6.45, 7) is 10.6. The summed E-state index contributed by atoms with van der Waals surface area (Å²) in [5.41, 5.74) is 0.463. The van der Waals surface area contributed by atoms with Gasteiger partial charge >= 0.3 is 6.09 Å². The first kappa shape index (κ1) is 25.3. The molecule has 2 unspecified atom stereocenters. The lowest BCUT2D eigenvalue weighted by molar-refractivity contribution is -0.147. The van der Waals surface area contributed by atoms with Crippen molar-refractivity contribution in [1.82, 2.24) is 15.5 Å². The van der Waals surface area contributed by atoms with Gasteiger partial charge in [-0.1, -0.05) is 24.1 Å². The molecule has 0 saturated heterocycles. The minimum absolute atomic E-state index is 0.112. The van der Waals surface area contributed by atoms with Crippen molar-refractivity contribution in [1.29, 1.82) is 0 Å². The largest absolute Gasteiger partial charge is 0.444 e. The van der Waals surface area contributed by atoms with Gasteiger partial charge in [-0.15, -0.1) is 6.42 Å². The van der Waals surface area contributed by atoms with Crippen LogP contribution in [0.15, 0.2) is 24.3 Å². The summed E-state index contributed by atoms with van der Waals surface area (Å²) in [6, 6.07) is 5.15. The van der Waals surface area contributed by atoms with Crippen molar-refractivity contribution >= 4 is 17.9 Å². The van der Waals surface area contributed by atoms with E-state index in [9.17, 15) is 14.4 Å². The van der Waals surface area contributed by atoms with Gasteiger partial charge in [-0.2, -0.15) is 0 Å². The zero-order valence-corrected chi connectivity index (χ0v) is 19.9. The quantitative estimate of drug-likeness (QED) is 0.634. The van der Waals surface area contributed by atoms with Gasteiger partial charge in [-0.05, 0) is 72.4 Å². The molecule has 1 aromatic carbocycles. The van der Waals surface area contributed by atoms with E-state index in [-0.39, 0.29) is 23.9 Å². The highest BCUT2D eigenvalue weighted by Gasteiger charge is 2.41. The Hall–Kier alpha value is -3.01. The van der Waals surface area contributed by atoms with Crippen molar-refractivity contribution in [3.05, 3.63) is 35.4 Å². The molecule has 7 heteroatoms. The molecule has 0 aromatic heterocycles. The molecule has 174 valence electrons. The topological polar surface area (TPSA) is 87.7 Å². The third kappa shape index (κ3) is 6.49. The number of hydrogen-bond donors (Lipinski definition) is 2. The van der Waals surface area contributed by atoms with Gasteiger partial charge < -0.3 is 20.3 Å². The van der Waals surface area contributed by atoms with Gasteiger partial charge in [0.05, 0.1) is 0 Å². The van der Waals surface area contributed by atoms with E-state index in [1.807, 2.05) is 13.8 Å². The number of hydrogen-bond acceptors (Lipinski definition) is 4. The first-order valence-corrected chi connectivity index (χ1v) is 11.1. The van der Waals surface area contributed by atoms with Crippen molar-refractivity contribution in [2.45, 2.75) is 90.6 Å². The molecule has 0 aliphatic heterocycles. The molecule has 0 bridgehead atoms. The summed E-state index contributed by atoms with van der Waals surface area (Å²) in [6.07, 6.45) is 7.58. The lowest BCUT2D eigenvalue weighted by Crippen LogP contribution is -2.57. The van der Waals surface area contributed by atoms with Crippen LogP contribution in [0.1, 0.15) is 78.0 Å². The second-order valence-corrected chi connectivity index (χ2v) is 9.50. The van der Waals surface area contributed by atoms with Crippen LogP contribution < -0.4 is 10.6 Å². The third-order valence-electron chi connectivity index (χ3n) is 5.19. The molecule has 3 amide bonds. The second kappa shape index (κ2) is 10.5. The van der Waals surface area contributed by atoms with E-state index in [0.29, 0.717) is 11.1 Å². The van der Waals surface area contributed by atoms with Crippen molar-refractivity contribution in [2.24, 2.45) is 0 Å². The summed E-state index contributed by atoms with van der Waals surface area (Å²) in [5, 5.41) is 5.54. The molecular formula is C25H35N3O4. The minimum Gasteiger partial charge on any atom is -0.444 e. The van der Waals surface area contributed by atoms with Crippen molar-refractivity contribution in [3.63, 3.8) is 0 Å². The van der Waals surface area contributed by atoms with Crippen molar-refractivity contribution in [2.75, 3.05) is 0 Å². The number of ether oxygens (including phenoxy) is 1. The van der Waals surface area contributed by atoms with Gasteiger partial charge in [0.1, 0.15) is 17.7 Å². The number of alkyl carbamates (subject to hydrolysis) is 1. The first-order chi connectivity index (χ1) is 14.9. The number of nitrogens with one attached hydrogen (secondary N) is 2. The van der Waals surface area contributed by atoms with E-state index >= 15 is 0 Å². The van der Waals surface area contributed by atoms with E-state index in [4.69, 9.17) is 11.2 Å². The highest BCUT2D eigenvalue weighted by atomic mass is 16.6. The molecule has 2 N–H and O–H groups in total. The van der Waals surface area contributed by atoms with Crippen LogP contribution in [0.25, 0.3) is 0 Å². The molecule has 0 radical (unpaired) electrons. The predicted molar refractivity (Wildman–Crippen MR) is 124 cm³/mol. The lowest BCUT2D eigenvalue weighted by atomic mass is 9.87. The van der Waals surface area contributed by atoms with Crippen LogP contribution in [-0.2, 0) is 14.3 Å². The molecule has 1 saturated carbocycles.